The van der Waals surface area contributed by atoms with E-state index in [1.165, 1.54) is 11.3 Å². The number of nitrogens with one attached hydrogen (secondary N) is 2. The normalized spacial score (nSPS) is 20.5. The van der Waals surface area contributed by atoms with Crippen LogP contribution in [-0.4, -0.2) is 32.4 Å². The summed E-state index contributed by atoms with van der Waals surface area (Å²) < 4.78 is 40.9. The number of aromatic amines is 1. The lowest BCUT2D eigenvalue weighted by Crippen LogP contribution is -2.48. The molecule has 2 unspecified atom stereocenters. The summed E-state index contributed by atoms with van der Waals surface area (Å²) >= 11 is 1.37. The Balaban J connectivity index is 1.76. The van der Waals surface area contributed by atoms with Crippen LogP contribution < -0.4 is 5.32 Å². The second-order valence-corrected chi connectivity index (χ2v) is 7.47. The largest absolute Gasteiger partial charge is 0.422 e. The minimum Gasteiger partial charge on any atom is -0.376 e. The molecule has 2 aromatic heterocycles. The van der Waals surface area contributed by atoms with E-state index in [4.69, 9.17) is 0 Å². The molecule has 1 aromatic carbocycles. The number of H-pyrrole nitrogens is 1. The molecule has 0 fully saturated rings. The summed E-state index contributed by atoms with van der Waals surface area (Å²) in [7, 11) is 0. The molecule has 10 heteroatoms. The summed E-state index contributed by atoms with van der Waals surface area (Å²) in [5.41, 5.74) is -2.26. The van der Waals surface area contributed by atoms with Gasteiger partial charge in [0.25, 0.3) is 0 Å². The third-order valence-corrected chi connectivity index (χ3v) is 5.68. The summed E-state index contributed by atoms with van der Waals surface area (Å²) in [6.07, 6.45) is -6.15. The molecule has 28 heavy (non-hydrogen) atoms. The second kappa shape index (κ2) is 6.42. The Hall–Kier alpha value is -2.72. The Kier molecular flexibility index (Phi) is 4.27. The average Bonchev–Trinajstić information content (AvgIpc) is 3.28. The summed E-state index contributed by atoms with van der Waals surface area (Å²) in [6.45, 7) is 1.67. The van der Waals surface area contributed by atoms with Crippen molar-refractivity contribution in [3.8, 4) is 10.6 Å². The fraction of sp³-hybridized carbons (Fsp3) is 0.278. The number of hydrogen-bond donors (Lipinski definition) is 3. The van der Waals surface area contributed by atoms with Crippen molar-refractivity contribution in [3.05, 3.63) is 52.7 Å². The Bertz CT molecular complexity index is 1030. The van der Waals surface area contributed by atoms with Crippen molar-refractivity contribution in [1.82, 2.24) is 15.2 Å². The van der Waals surface area contributed by atoms with Gasteiger partial charge < -0.3 is 10.4 Å². The molecule has 1 aliphatic heterocycles. The van der Waals surface area contributed by atoms with Gasteiger partial charge in [0.15, 0.2) is 11.4 Å². The maximum Gasteiger partial charge on any atom is 0.422 e. The van der Waals surface area contributed by atoms with Gasteiger partial charge in [-0.3, -0.25) is 9.89 Å². The summed E-state index contributed by atoms with van der Waals surface area (Å²) in [5.74, 6) is -1.86. The Morgan fingerprint density at radius 2 is 2.00 bits per heavy atom. The Morgan fingerprint density at radius 1 is 1.29 bits per heavy atom. The van der Waals surface area contributed by atoms with Gasteiger partial charge in [-0.1, -0.05) is 37.3 Å². The topological polar surface area (TPSA) is 90.9 Å². The number of anilines is 1. The molecule has 146 valence electrons. The molecule has 3 heterocycles. The molecule has 0 saturated carbocycles. The molecule has 3 N–H and O–H groups in total. The molecule has 3 aromatic rings. The van der Waals surface area contributed by atoms with Gasteiger partial charge in [-0.25, -0.2) is 4.98 Å². The third kappa shape index (κ3) is 2.89. The van der Waals surface area contributed by atoms with Crippen LogP contribution in [0, 0.1) is 0 Å². The monoisotopic (exact) mass is 408 g/mol. The van der Waals surface area contributed by atoms with Gasteiger partial charge in [0, 0.05) is 16.9 Å². The van der Waals surface area contributed by atoms with Crippen LogP contribution >= 0.6 is 11.3 Å². The number of halogens is 3. The molecule has 4 rings (SSSR count). The van der Waals surface area contributed by atoms with Gasteiger partial charge in [0.1, 0.15) is 5.01 Å². The second-order valence-electron chi connectivity index (χ2n) is 6.61. The molecule has 2 atom stereocenters. The van der Waals surface area contributed by atoms with Crippen LogP contribution in [-0.2, 0) is 10.4 Å². The molecule has 0 aliphatic carbocycles. The number of aliphatic hydroxyl groups is 1. The number of thiazole rings is 1. The van der Waals surface area contributed by atoms with E-state index in [9.17, 15) is 23.1 Å². The highest BCUT2D eigenvalue weighted by Gasteiger charge is 2.61. The fourth-order valence-corrected chi connectivity index (χ4v) is 4.18. The maximum absolute atomic E-state index is 13.6. The zero-order valence-electron chi connectivity index (χ0n) is 14.5. The lowest BCUT2D eigenvalue weighted by atomic mass is 9.83. The highest BCUT2D eigenvalue weighted by Crippen LogP contribution is 2.49. The highest BCUT2D eigenvalue weighted by atomic mass is 32.1. The van der Waals surface area contributed by atoms with Gasteiger partial charge in [0.05, 0.1) is 23.4 Å². The van der Waals surface area contributed by atoms with Gasteiger partial charge in [-0.05, 0) is 0 Å². The van der Waals surface area contributed by atoms with Gasteiger partial charge in [-0.15, -0.1) is 11.3 Å². The van der Waals surface area contributed by atoms with E-state index in [0.29, 0.717) is 5.69 Å². The molecule has 6 nitrogen and oxygen atoms in total. The number of carbonyl (C=O) groups is 1. The number of hydrogen-bond acceptors (Lipinski definition) is 5. The number of aromatic nitrogens is 3. The first-order valence-electron chi connectivity index (χ1n) is 8.39. The van der Waals surface area contributed by atoms with Gasteiger partial charge in [-0.2, -0.15) is 18.3 Å². The number of rotatable bonds is 3. The quantitative estimate of drug-likeness (QED) is 0.615. The van der Waals surface area contributed by atoms with E-state index in [0.717, 1.165) is 10.6 Å². The molecule has 0 spiro atoms. The van der Waals surface area contributed by atoms with Crippen molar-refractivity contribution in [1.29, 1.82) is 0 Å². The predicted molar refractivity (Wildman–Crippen MR) is 96.9 cm³/mol. The molecule has 0 bridgehead atoms. The number of fused-ring (bicyclic) bond motifs is 1. The number of alkyl halides is 3. The molecular weight excluding hydrogens is 393 g/mol. The fourth-order valence-electron chi connectivity index (χ4n) is 3.26. The van der Waals surface area contributed by atoms with Crippen molar-refractivity contribution in [3.63, 3.8) is 0 Å². The molecular formula is C18H15F3N4O2S. The summed E-state index contributed by atoms with van der Waals surface area (Å²) in [4.78, 5) is 16.2. The molecule has 0 saturated heterocycles. The Labute approximate surface area is 161 Å². The van der Waals surface area contributed by atoms with Crippen molar-refractivity contribution >= 4 is 23.1 Å². The van der Waals surface area contributed by atoms with E-state index in [-0.39, 0.29) is 11.5 Å². The first kappa shape index (κ1) is 18.6. The van der Waals surface area contributed by atoms with Crippen molar-refractivity contribution in [2.75, 3.05) is 5.32 Å². The van der Waals surface area contributed by atoms with Crippen LogP contribution in [0.5, 0.6) is 0 Å². The number of nitrogens with zero attached hydrogens (tertiary/aromatic N) is 2. The van der Waals surface area contributed by atoms with Crippen LogP contribution in [0.2, 0.25) is 0 Å². The minimum absolute atomic E-state index is 0.0692. The van der Waals surface area contributed by atoms with Crippen molar-refractivity contribution in [2.24, 2.45) is 0 Å². The minimum atomic E-state index is -5.03. The van der Waals surface area contributed by atoms with Crippen LogP contribution in [0.3, 0.4) is 0 Å². The third-order valence-electron chi connectivity index (χ3n) is 4.77. The standard InChI is InChI=1S/C18H15F3N4O2S/c1-9(11-8-28-16(22-11)10-5-3-2-4-6-10)14-13-15(25-24-14)23-12(26)7-17(13,27)18(19,20)21/h2-6,8-9,27H,7H2,1H3,(H2,23,24,25,26). The predicted octanol–water partition coefficient (Wildman–Crippen LogP) is 3.78. The Morgan fingerprint density at radius 3 is 2.68 bits per heavy atom. The van der Waals surface area contributed by atoms with E-state index in [1.54, 1.807) is 12.3 Å². The number of benzene rings is 1. The lowest BCUT2D eigenvalue weighted by Gasteiger charge is -2.34. The smallest absolute Gasteiger partial charge is 0.376 e. The van der Waals surface area contributed by atoms with Crippen molar-refractivity contribution < 1.29 is 23.1 Å². The van der Waals surface area contributed by atoms with Gasteiger partial charge >= 0.3 is 6.18 Å². The lowest BCUT2D eigenvalue weighted by molar-refractivity contribution is -0.267. The maximum atomic E-state index is 13.6. The zero-order chi connectivity index (χ0) is 20.1. The van der Waals surface area contributed by atoms with Crippen LogP contribution in [0.1, 0.15) is 36.2 Å². The van der Waals surface area contributed by atoms with E-state index >= 15 is 0 Å². The molecule has 1 aliphatic rings. The van der Waals surface area contributed by atoms with E-state index in [1.807, 2.05) is 30.3 Å². The molecule has 1 amide bonds. The van der Waals surface area contributed by atoms with E-state index in [2.05, 4.69) is 20.5 Å². The first-order chi connectivity index (χ1) is 13.2. The zero-order valence-corrected chi connectivity index (χ0v) is 15.4. The van der Waals surface area contributed by atoms with Gasteiger partial charge in [0.2, 0.25) is 5.91 Å². The summed E-state index contributed by atoms with van der Waals surface area (Å²) in [6, 6.07) is 9.41. The SMILES string of the molecule is CC(c1csc(-c2ccccc2)n1)c1[nH]nc2c1C(O)(C(F)(F)F)CC(=O)N2. The first-order valence-corrected chi connectivity index (χ1v) is 9.27. The average molecular weight is 408 g/mol. The number of amides is 1. The summed E-state index contributed by atoms with van der Waals surface area (Å²) in [5, 5.41) is 21.5. The molecule has 0 radical (unpaired) electrons. The number of carbonyl (C=O) groups excluding carboxylic acids is 1. The van der Waals surface area contributed by atoms with E-state index < -0.39 is 35.6 Å². The van der Waals surface area contributed by atoms with Crippen LogP contribution in [0.4, 0.5) is 19.0 Å². The highest BCUT2D eigenvalue weighted by molar-refractivity contribution is 7.13. The van der Waals surface area contributed by atoms with Crippen LogP contribution in [0.15, 0.2) is 35.7 Å². The van der Waals surface area contributed by atoms with Crippen LogP contribution in [0.25, 0.3) is 10.6 Å². The van der Waals surface area contributed by atoms with Crippen molar-refractivity contribution in [2.45, 2.75) is 31.0 Å².